The summed E-state index contributed by atoms with van der Waals surface area (Å²) in [7, 11) is 1.63. The van der Waals surface area contributed by atoms with Gasteiger partial charge in [0.15, 0.2) is 0 Å². The van der Waals surface area contributed by atoms with Gasteiger partial charge in [0.1, 0.15) is 5.75 Å². The molecule has 1 saturated carbocycles. The van der Waals surface area contributed by atoms with Crippen LogP contribution in [0.1, 0.15) is 32.1 Å². The molecule has 17 heavy (non-hydrogen) atoms. The lowest BCUT2D eigenvalue weighted by molar-refractivity contribution is 0.412. The standard InChI is InChI=1S/C13H18N2O2/c1-17-13-9-7-12(8-10-13)15(14-16)11-5-3-2-4-6-11/h7-11H,2-6H2,1H3. The Hall–Kier alpha value is -1.58. The SMILES string of the molecule is COc1ccc(N(N=O)C2CCCCC2)cc1. The molecule has 0 unspecified atom stereocenters. The van der Waals surface area contributed by atoms with E-state index in [2.05, 4.69) is 5.29 Å². The molecule has 0 atom stereocenters. The van der Waals surface area contributed by atoms with Crippen molar-refractivity contribution < 1.29 is 4.74 Å². The van der Waals surface area contributed by atoms with Crippen LogP contribution in [0.2, 0.25) is 0 Å². The molecule has 0 N–H and O–H groups in total. The van der Waals surface area contributed by atoms with Crippen molar-refractivity contribution in [2.45, 2.75) is 38.1 Å². The van der Waals surface area contributed by atoms with E-state index >= 15 is 0 Å². The lowest BCUT2D eigenvalue weighted by Gasteiger charge is -2.29. The summed E-state index contributed by atoms with van der Waals surface area (Å²) in [5, 5.41) is 4.79. The minimum absolute atomic E-state index is 0.259. The maximum Gasteiger partial charge on any atom is 0.119 e. The van der Waals surface area contributed by atoms with Crippen LogP contribution in [0.4, 0.5) is 5.69 Å². The number of methoxy groups -OCH3 is 1. The van der Waals surface area contributed by atoms with E-state index in [9.17, 15) is 4.91 Å². The predicted octanol–water partition coefficient (Wildman–Crippen LogP) is 3.52. The third-order valence-corrected chi connectivity index (χ3v) is 3.35. The Morgan fingerprint density at radius 3 is 2.35 bits per heavy atom. The van der Waals surface area contributed by atoms with E-state index in [0.29, 0.717) is 0 Å². The Balaban J connectivity index is 2.12. The molecule has 0 spiro atoms. The summed E-state index contributed by atoms with van der Waals surface area (Å²) < 4.78 is 5.10. The molecule has 0 saturated heterocycles. The van der Waals surface area contributed by atoms with Crippen LogP contribution in [0.3, 0.4) is 0 Å². The van der Waals surface area contributed by atoms with E-state index in [0.717, 1.165) is 24.3 Å². The average molecular weight is 234 g/mol. The summed E-state index contributed by atoms with van der Waals surface area (Å²) in [6.07, 6.45) is 5.75. The van der Waals surface area contributed by atoms with Crippen LogP contribution < -0.4 is 9.75 Å². The summed E-state index contributed by atoms with van der Waals surface area (Å²) in [6.45, 7) is 0. The van der Waals surface area contributed by atoms with E-state index < -0.39 is 0 Å². The summed E-state index contributed by atoms with van der Waals surface area (Å²) >= 11 is 0. The summed E-state index contributed by atoms with van der Waals surface area (Å²) in [4.78, 5) is 11.0. The van der Waals surface area contributed by atoms with Crippen molar-refractivity contribution in [1.29, 1.82) is 0 Å². The van der Waals surface area contributed by atoms with Crippen molar-refractivity contribution in [3.63, 3.8) is 0 Å². The van der Waals surface area contributed by atoms with Crippen molar-refractivity contribution in [3.8, 4) is 5.75 Å². The number of ether oxygens (including phenoxy) is 1. The fourth-order valence-electron chi connectivity index (χ4n) is 2.39. The molecule has 1 aromatic rings. The molecule has 0 amide bonds. The normalized spacial score (nSPS) is 16.5. The van der Waals surface area contributed by atoms with Crippen molar-refractivity contribution in [1.82, 2.24) is 0 Å². The van der Waals surface area contributed by atoms with Gasteiger partial charge in [-0.25, -0.2) is 5.01 Å². The fraction of sp³-hybridized carbons (Fsp3) is 0.538. The summed E-state index contributed by atoms with van der Waals surface area (Å²) in [6, 6.07) is 7.74. The number of hydrogen-bond acceptors (Lipinski definition) is 3. The zero-order valence-electron chi connectivity index (χ0n) is 10.1. The van der Waals surface area contributed by atoms with Gasteiger partial charge in [0.05, 0.1) is 24.1 Å². The third-order valence-electron chi connectivity index (χ3n) is 3.35. The number of nitroso groups, excluding NO2 is 1. The van der Waals surface area contributed by atoms with Gasteiger partial charge in [0.25, 0.3) is 0 Å². The lowest BCUT2D eigenvalue weighted by Crippen LogP contribution is -2.32. The quantitative estimate of drug-likeness (QED) is 0.591. The largest absolute Gasteiger partial charge is 0.497 e. The van der Waals surface area contributed by atoms with Gasteiger partial charge in [0, 0.05) is 0 Å². The van der Waals surface area contributed by atoms with Crippen molar-refractivity contribution in [2.75, 3.05) is 12.1 Å². The highest BCUT2D eigenvalue weighted by Gasteiger charge is 2.22. The highest BCUT2D eigenvalue weighted by Crippen LogP contribution is 2.28. The molecule has 1 aliphatic rings. The molecular formula is C13H18N2O2. The molecule has 92 valence electrons. The van der Waals surface area contributed by atoms with E-state index in [4.69, 9.17) is 4.74 Å². The van der Waals surface area contributed by atoms with Gasteiger partial charge < -0.3 is 4.74 Å². The zero-order valence-corrected chi connectivity index (χ0v) is 10.1. The molecule has 0 bridgehead atoms. The van der Waals surface area contributed by atoms with Crippen LogP contribution in [0, 0.1) is 4.91 Å². The molecule has 1 aromatic carbocycles. The molecule has 0 aromatic heterocycles. The molecule has 4 nitrogen and oxygen atoms in total. The molecule has 1 aliphatic carbocycles. The number of nitrogens with zero attached hydrogens (tertiary/aromatic N) is 2. The van der Waals surface area contributed by atoms with Crippen molar-refractivity contribution in [2.24, 2.45) is 5.29 Å². The topological polar surface area (TPSA) is 41.9 Å². The van der Waals surface area contributed by atoms with Gasteiger partial charge in [-0.2, -0.15) is 0 Å². The average Bonchev–Trinajstić information content (AvgIpc) is 2.42. The first kappa shape index (κ1) is 11.9. The van der Waals surface area contributed by atoms with Gasteiger partial charge in [-0.15, -0.1) is 4.91 Å². The first-order valence-corrected chi connectivity index (χ1v) is 6.11. The minimum atomic E-state index is 0.259. The summed E-state index contributed by atoms with van der Waals surface area (Å²) in [5.74, 6) is 0.795. The Labute approximate surface area is 102 Å². The van der Waals surface area contributed by atoms with Crippen LogP contribution in [0.15, 0.2) is 29.6 Å². The minimum Gasteiger partial charge on any atom is -0.497 e. The van der Waals surface area contributed by atoms with Crippen molar-refractivity contribution in [3.05, 3.63) is 29.2 Å². The van der Waals surface area contributed by atoms with E-state index in [-0.39, 0.29) is 6.04 Å². The summed E-state index contributed by atoms with van der Waals surface area (Å²) in [5.41, 5.74) is 0.854. The number of hydrogen-bond donors (Lipinski definition) is 0. The molecule has 2 rings (SSSR count). The van der Waals surface area contributed by atoms with E-state index in [1.165, 1.54) is 19.3 Å². The highest BCUT2D eigenvalue weighted by molar-refractivity contribution is 5.49. The van der Waals surface area contributed by atoms with Gasteiger partial charge >= 0.3 is 0 Å². The van der Waals surface area contributed by atoms with Gasteiger partial charge in [0.2, 0.25) is 0 Å². The highest BCUT2D eigenvalue weighted by atomic mass is 16.5. The first-order chi connectivity index (χ1) is 8.35. The third kappa shape index (κ3) is 2.75. The predicted molar refractivity (Wildman–Crippen MR) is 68.1 cm³/mol. The maximum absolute atomic E-state index is 11.0. The Bertz CT molecular complexity index is 358. The Kier molecular flexibility index (Phi) is 3.96. The lowest BCUT2D eigenvalue weighted by atomic mass is 9.95. The smallest absolute Gasteiger partial charge is 0.119 e. The molecule has 0 radical (unpaired) electrons. The second-order valence-corrected chi connectivity index (χ2v) is 4.42. The van der Waals surface area contributed by atoms with Crippen LogP contribution in [-0.4, -0.2) is 13.2 Å². The number of anilines is 1. The van der Waals surface area contributed by atoms with Crippen LogP contribution >= 0.6 is 0 Å². The van der Waals surface area contributed by atoms with Gasteiger partial charge in [-0.05, 0) is 37.1 Å². The van der Waals surface area contributed by atoms with Crippen LogP contribution in [0.25, 0.3) is 0 Å². The molecule has 4 heteroatoms. The number of rotatable bonds is 4. The van der Waals surface area contributed by atoms with Crippen LogP contribution in [-0.2, 0) is 0 Å². The van der Waals surface area contributed by atoms with Gasteiger partial charge in [-0.3, -0.25) is 0 Å². The maximum atomic E-state index is 11.0. The number of benzene rings is 1. The van der Waals surface area contributed by atoms with Gasteiger partial charge in [-0.1, -0.05) is 19.3 Å². The fourth-order valence-corrected chi connectivity index (χ4v) is 2.39. The van der Waals surface area contributed by atoms with E-state index in [1.54, 1.807) is 12.1 Å². The zero-order chi connectivity index (χ0) is 12.1. The molecule has 1 fully saturated rings. The molecule has 0 heterocycles. The first-order valence-electron chi connectivity index (χ1n) is 6.11. The second-order valence-electron chi connectivity index (χ2n) is 4.42. The van der Waals surface area contributed by atoms with Crippen molar-refractivity contribution >= 4 is 5.69 Å². The molecular weight excluding hydrogens is 216 g/mol. The van der Waals surface area contributed by atoms with E-state index in [1.807, 2.05) is 24.3 Å². The molecule has 0 aliphatic heterocycles. The Morgan fingerprint density at radius 1 is 1.18 bits per heavy atom. The van der Waals surface area contributed by atoms with Crippen LogP contribution in [0.5, 0.6) is 5.75 Å². The Morgan fingerprint density at radius 2 is 1.82 bits per heavy atom. The monoisotopic (exact) mass is 234 g/mol. The second kappa shape index (κ2) is 5.66.